The van der Waals surface area contributed by atoms with E-state index in [2.05, 4.69) is 9.97 Å². The van der Waals surface area contributed by atoms with Crippen LogP contribution in [0.1, 0.15) is 11.4 Å². The molecule has 0 saturated heterocycles. The SMILES string of the molecule is COc1cc(/C=C/C(=O)N(C)Cc2nc3ccccc3[nH]2)cc2c1OCCO2. The number of imidazole rings is 1. The summed E-state index contributed by atoms with van der Waals surface area (Å²) in [4.78, 5) is 21.8. The molecule has 0 unspecified atom stereocenters. The first-order valence-electron chi connectivity index (χ1n) is 8.98. The highest BCUT2D eigenvalue weighted by molar-refractivity contribution is 5.91. The zero-order valence-corrected chi connectivity index (χ0v) is 15.8. The fourth-order valence-corrected chi connectivity index (χ4v) is 3.07. The minimum Gasteiger partial charge on any atom is -0.493 e. The maximum absolute atomic E-state index is 12.5. The standard InChI is InChI=1S/C21H21N3O4/c1-24(13-19-22-15-5-3-4-6-16(15)23-19)20(25)8-7-14-11-17(26-2)21-18(12-14)27-9-10-28-21/h3-8,11-12H,9-10,13H2,1-2H3,(H,22,23)/b8-7+. The molecule has 0 atom stereocenters. The zero-order chi connectivity index (χ0) is 19.5. The molecule has 0 fully saturated rings. The first-order chi connectivity index (χ1) is 13.6. The average Bonchev–Trinajstić information content (AvgIpc) is 3.13. The van der Waals surface area contributed by atoms with Crippen molar-refractivity contribution in [2.45, 2.75) is 6.54 Å². The maximum atomic E-state index is 12.5. The van der Waals surface area contributed by atoms with Gasteiger partial charge >= 0.3 is 0 Å². The number of H-pyrrole nitrogens is 1. The van der Waals surface area contributed by atoms with Crippen LogP contribution in [0, 0.1) is 0 Å². The average molecular weight is 379 g/mol. The number of methoxy groups -OCH3 is 1. The van der Waals surface area contributed by atoms with Gasteiger partial charge in [0.25, 0.3) is 0 Å². The molecule has 0 aliphatic carbocycles. The van der Waals surface area contributed by atoms with Crippen LogP contribution in [-0.4, -0.2) is 48.1 Å². The number of nitrogens with zero attached hydrogens (tertiary/aromatic N) is 2. The van der Waals surface area contributed by atoms with Crippen molar-refractivity contribution in [3.8, 4) is 17.2 Å². The lowest BCUT2D eigenvalue weighted by Gasteiger charge is -2.21. The lowest BCUT2D eigenvalue weighted by Crippen LogP contribution is -2.24. The summed E-state index contributed by atoms with van der Waals surface area (Å²) in [7, 11) is 3.32. The Kier molecular flexibility index (Phi) is 4.89. The van der Waals surface area contributed by atoms with Crippen molar-refractivity contribution in [1.29, 1.82) is 0 Å². The number of hydrogen-bond donors (Lipinski definition) is 1. The lowest BCUT2D eigenvalue weighted by molar-refractivity contribution is -0.125. The third-order valence-electron chi connectivity index (χ3n) is 4.47. The second-order valence-corrected chi connectivity index (χ2v) is 6.48. The molecule has 28 heavy (non-hydrogen) atoms. The molecule has 2 heterocycles. The van der Waals surface area contributed by atoms with Gasteiger partial charge in [0.05, 0.1) is 24.7 Å². The summed E-state index contributed by atoms with van der Waals surface area (Å²) < 4.78 is 16.6. The molecule has 1 N–H and O–H groups in total. The number of benzene rings is 2. The normalized spacial score (nSPS) is 13.1. The largest absolute Gasteiger partial charge is 0.493 e. The number of rotatable bonds is 5. The number of aromatic nitrogens is 2. The molecule has 0 bridgehead atoms. The Hall–Kier alpha value is -3.48. The van der Waals surface area contributed by atoms with Gasteiger partial charge in [-0.1, -0.05) is 12.1 Å². The fourth-order valence-electron chi connectivity index (χ4n) is 3.07. The molecular weight excluding hydrogens is 358 g/mol. The number of carbonyl (C=O) groups is 1. The molecule has 144 valence electrons. The molecule has 1 aliphatic rings. The van der Waals surface area contributed by atoms with Crippen LogP contribution in [-0.2, 0) is 11.3 Å². The molecule has 3 aromatic rings. The van der Waals surface area contributed by atoms with Gasteiger partial charge in [0.1, 0.15) is 19.0 Å². The van der Waals surface area contributed by atoms with Crippen molar-refractivity contribution in [2.24, 2.45) is 0 Å². The van der Waals surface area contributed by atoms with E-state index in [9.17, 15) is 4.79 Å². The van der Waals surface area contributed by atoms with E-state index in [4.69, 9.17) is 14.2 Å². The number of likely N-dealkylation sites (N-methyl/N-ethyl adjacent to an activating group) is 1. The van der Waals surface area contributed by atoms with Gasteiger partial charge in [-0.05, 0) is 35.9 Å². The van der Waals surface area contributed by atoms with Gasteiger partial charge in [-0.15, -0.1) is 0 Å². The summed E-state index contributed by atoms with van der Waals surface area (Å²) >= 11 is 0. The van der Waals surface area contributed by atoms with Crippen molar-refractivity contribution < 1.29 is 19.0 Å². The second-order valence-electron chi connectivity index (χ2n) is 6.48. The number of hydrogen-bond acceptors (Lipinski definition) is 5. The van der Waals surface area contributed by atoms with Crippen LogP contribution in [0.2, 0.25) is 0 Å². The molecular formula is C21H21N3O4. The highest BCUT2D eigenvalue weighted by Gasteiger charge is 2.18. The predicted molar refractivity (Wildman–Crippen MR) is 106 cm³/mol. The van der Waals surface area contributed by atoms with Crippen LogP contribution in [0.4, 0.5) is 0 Å². The molecule has 1 aromatic heterocycles. The fraction of sp³-hybridized carbons (Fsp3) is 0.238. The number of ether oxygens (including phenoxy) is 3. The lowest BCUT2D eigenvalue weighted by atomic mass is 10.1. The summed E-state index contributed by atoms with van der Waals surface area (Å²) in [5.74, 6) is 2.41. The Morgan fingerprint density at radius 2 is 2.11 bits per heavy atom. The van der Waals surface area contributed by atoms with Crippen molar-refractivity contribution in [3.63, 3.8) is 0 Å². The van der Waals surface area contributed by atoms with Gasteiger partial charge in [-0.3, -0.25) is 4.79 Å². The highest BCUT2D eigenvalue weighted by Crippen LogP contribution is 2.40. The summed E-state index contributed by atoms with van der Waals surface area (Å²) in [5, 5.41) is 0. The molecule has 0 radical (unpaired) electrons. The monoisotopic (exact) mass is 379 g/mol. The minimum absolute atomic E-state index is 0.130. The van der Waals surface area contributed by atoms with Gasteiger partial charge in [-0.25, -0.2) is 4.98 Å². The minimum atomic E-state index is -0.130. The van der Waals surface area contributed by atoms with Gasteiger partial charge in [0.15, 0.2) is 11.5 Å². The molecule has 7 heteroatoms. The van der Waals surface area contributed by atoms with Crippen LogP contribution >= 0.6 is 0 Å². The van der Waals surface area contributed by atoms with Crippen LogP contribution < -0.4 is 14.2 Å². The van der Waals surface area contributed by atoms with Crippen molar-refractivity contribution in [3.05, 3.63) is 53.9 Å². The van der Waals surface area contributed by atoms with Gasteiger partial charge in [-0.2, -0.15) is 0 Å². The summed E-state index contributed by atoms with van der Waals surface area (Å²) in [6.45, 7) is 1.37. The Balaban J connectivity index is 1.47. The topological polar surface area (TPSA) is 76.7 Å². The van der Waals surface area contributed by atoms with E-state index in [0.29, 0.717) is 37.0 Å². The second kappa shape index (κ2) is 7.64. The summed E-state index contributed by atoms with van der Waals surface area (Å²) in [6.07, 6.45) is 3.26. The van der Waals surface area contributed by atoms with E-state index < -0.39 is 0 Å². The molecule has 0 spiro atoms. The third kappa shape index (κ3) is 3.64. The number of para-hydroxylation sites is 2. The molecule has 1 amide bonds. The number of fused-ring (bicyclic) bond motifs is 2. The maximum Gasteiger partial charge on any atom is 0.246 e. The van der Waals surface area contributed by atoms with E-state index in [1.165, 1.54) is 6.08 Å². The molecule has 7 nitrogen and oxygen atoms in total. The predicted octanol–water partition coefficient (Wildman–Crippen LogP) is 3.01. The molecule has 1 aliphatic heterocycles. The highest BCUT2D eigenvalue weighted by atomic mass is 16.6. The summed E-state index contributed by atoms with van der Waals surface area (Å²) in [5.41, 5.74) is 2.64. The number of nitrogens with one attached hydrogen (secondary N) is 1. The molecule has 4 rings (SSSR count). The zero-order valence-electron chi connectivity index (χ0n) is 15.8. The van der Waals surface area contributed by atoms with Crippen LogP contribution in [0.3, 0.4) is 0 Å². The van der Waals surface area contributed by atoms with Gasteiger partial charge in [0.2, 0.25) is 11.7 Å². The Bertz CT molecular complexity index is 991. The van der Waals surface area contributed by atoms with E-state index in [1.54, 1.807) is 25.1 Å². The van der Waals surface area contributed by atoms with E-state index in [0.717, 1.165) is 22.4 Å². The van der Waals surface area contributed by atoms with Gasteiger partial charge in [0, 0.05) is 13.1 Å². The Morgan fingerprint density at radius 1 is 1.29 bits per heavy atom. The van der Waals surface area contributed by atoms with E-state index in [1.807, 2.05) is 36.4 Å². The van der Waals surface area contributed by atoms with E-state index >= 15 is 0 Å². The van der Waals surface area contributed by atoms with Crippen molar-refractivity contribution in [1.82, 2.24) is 14.9 Å². The molecule has 0 saturated carbocycles. The third-order valence-corrected chi connectivity index (χ3v) is 4.47. The van der Waals surface area contributed by atoms with Crippen molar-refractivity contribution in [2.75, 3.05) is 27.4 Å². The van der Waals surface area contributed by atoms with Crippen LogP contribution in [0.15, 0.2) is 42.5 Å². The Labute approximate surface area is 162 Å². The van der Waals surface area contributed by atoms with Crippen LogP contribution in [0.5, 0.6) is 17.2 Å². The smallest absolute Gasteiger partial charge is 0.246 e. The first kappa shape index (κ1) is 17.9. The first-order valence-corrected chi connectivity index (χ1v) is 8.98. The van der Waals surface area contributed by atoms with Crippen molar-refractivity contribution >= 4 is 23.0 Å². The quantitative estimate of drug-likeness (QED) is 0.690. The molecule has 2 aromatic carbocycles. The number of carbonyl (C=O) groups excluding carboxylic acids is 1. The Morgan fingerprint density at radius 3 is 2.93 bits per heavy atom. The van der Waals surface area contributed by atoms with Crippen LogP contribution in [0.25, 0.3) is 17.1 Å². The van der Waals surface area contributed by atoms with Gasteiger partial charge < -0.3 is 24.1 Å². The number of aromatic amines is 1. The number of amides is 1. The van der Waals surface area contributed by atoms with E-state index in [-0.39, 0.29) is 5.91 Å². The summed E-state index contributed by atoms with van der Waals surface area (Å²) in [6, 6.07) is 11.4.